The Labute approximate surface area is 144 Å². The molecule has 0 aromatic rings. The van der Waals surface area contributed by atoms with Crippen LogP contribution in [0.2, 0.25) is 0 Å². The maximum absolute atomic E-state index is 5.37. The third-order valence-corrected chi connectivity index (χ3v) is 3.97. The second kappa shape index (κ2) is 21.8. The van der Waals surface area contributed by atoms with Gasteiger partial charge in [-0.2, -0.15) is 0 Å². The summed E-state index contributed by atoms with van der Waals surface area (Å²) in [6.45, 7) is 5.44. The third-order valence-electron chi connectivity index (χ3n) is 3.97. The van der Waals surface area contributed by atoms with Crippen molar-refractivity contribution < 1.29 is 14.5 Å². The third kappa shape index (κ3) is 21.8. The van der Waals surface area contributed by atoms with Crippen molar-refractivity contribution >= 4 is 0 Å². The Morgan fingerprint density at radius 2 is 1.04 bits per heavy atom. The second-order valence-corrected chi connectivity index (χ2v) is 6.29. The van der Waals surface area contributed by atoms with E-state index in [-0.39, 0.29) is 0 Å². The van der Waals surface area contributed by atoms with Crippen molar-refractivity contribution in [3.05, 3.63) is 0 Å². The molecule has 23 heavy (non-hydrogen) atoms. The molecule has 0 atom stereocenters. The fourth-order valence-corrected chi connectivity index (χ4v) is 2.50. The molecule has 0 spiro atoms. The molecule has 0 radical (unpaired) electrons. The van der Waals surface area contributed by atoms with Crippen LogP contribution >= 0.6 is 0 Å². The SMILES string of the molecule is CCCCCCCCCCCCCCOOCCOCCCN. The van der Waals surface area contributed by atoms with E-state index in [0.717, 1.165) is 12.8 Å². The van der Waals surface area contributed by atoms with E-state index in [9.17, 15) is 0 Å². The van der Waals surface area contributed by atoms with Crippen LogP contribution in [0.4, 0.5) is 0 Å². The fraction of sp³-hybridized carbons (Fsp3) is 1.00. The Balaban J connectivity index is 2.92. The smallest absolute Gasteiger partial charge is 0.106 e. The molecule has 0 aliphatic heterocycles. The lowest BCUT2D eigenvalue weighted by Crippen LogP contribution is -2.09. The second-order valence-electron chi connectivity index (χ2n) is 6.29. The van der Waals surface area contributed by atoms with Crippen LogP contribution in [0.1, 0.15) is 90.4 Å². The lowest BCUT2D eigenvalue weighted by atomic mass is 10.1. The molecule has 0 saturated carbocycles. The Morgan fingerprint density at radius 1 is 0.522 bits per heavy atom. The van der Waals surface area contributed by atoms with Crippen LogP contribution in [0, 0.1) is 0 Å². The lowest BCUT2D eigenvalue weighted by molar-refractivity contribution is -0.299. The lowest BCUT2D eigenvalue weighted by Gasteiger charge is -2.05. The Morgan fingerprint density at radius 3 is 1.61 bits per heavy atom. The Hall–Kier alpha value is -0.160. The summed E-state index contributed by atoms with van der Waals surface area (Å²) in [4.78, 5) is 10.2. The van der Waals surface area contributed by atoms with Crippen LogP contribution in [-0.4, -0.2) is 33.0 Å². The molecule has 0 saturated heterocycles. The predicted molar refractivity (Wildman–Crippen MR) is 97.5 cm³/mol. The van der Waals surface area contributed by atoms with Crippen molar-refractivity contribution in [3.8, 4) is 0 Å². The van der Waals surface area contributed by atoms with Gasteiger partial charge in [0.1, 0.15) is 6.61 Å². The van der Waals surface area contributed by atoms with Gasteiger partial charge in [-0.25, -0.2) is 9.78 Å². The van der Waals surface area contributed by atoms with E-state index >= 15 is 0 Å². The van der Waals surface area contributed by atoms with Gasteiger partial charge in [-0.3, -0.25) is 0 Å². The molecule has 140 valence electrons. The maximum atomic E-state index is 5.37. The molecule has 0 heterocycles. The first-order chi connectivity index (χ1) is 11.4. The first-order valence-electron chi connectivity index (χ1n) is 9.94. The fourth-order valence-electron chi connectivity index (χ4n) is 2.50. The monoisotopic (exact) mass is 331 g/mol. The molecule has 0 unspecified atom stereocenters. The van der Waals surface area contributed by atoms with E-state index in [0.29, 0.717) is 33.0 Å². The molecule has 4 heteroatoms. The first kappa shape index (κ1) is 22.8. The van der Waals surface area contributed by atoms with Crippen LogP contribution < -0.4 is 5.73 Å². The summed E-state index contributed by atoms with van der Waals surface area (Å²) in [5.74, 6) is 0. The highest BCUT2D eigenvalue weighted by molar-refractivity contribution is 4.48. The van der Waals surface area contributed by atoms with Crippen LogP contribution in [0.5, 0.6) is 0 Å². The molecule has 0 aliphatic carbocycles. The zero-order valence-electron chi connectivity index (χ0n) is 15.5. The van der Waals surface area contributed by atoms with Gasteiger partial charge in [0.05, 0.1) is 13.2 Å². The van der Waals surface area contributed by atoms with E-state index in [4.69, 9.17) is 20.2 Å². The number of unbranched alkanes of at least 4 members (excludes halogenated alkanes) is 11. The molecule has 0 amide bonds. The molecule has 0 aromatic heterocycles. The Kier molecular flexibility index (Phi) is 21.7. The molecular formula is C19H41NO3. The highest BCUT2D eigenvalue weighted by Crippen LogP contribution is 2.11. The van der Waals surface area contributed by atoms with E-state index < -0.39 is 0 Å². The average Bonchev–Trinajstić information content (AvgIpc) is 2.57. The minimum Gasteiger partial charge on any atom is -0.379 e. The summed E-state index contributed by atoms with van der Waals surface area (Å²) in [5, 5.41) is 0. The predicted octanol–water partition coefficient (Wildman–Crippen LogP) is 5.00. The van der Waals surface area contributed by atoms with E-state index in [2.05, 4.69) is 6.92 Å². The van der Waals surface area contributed by atoms with Gasteiger partial charge in [0.15, 0.2) is 0 Å². The van der Waals surface area contributed by atoms with Crippen molar-refractivity contribution in [2.45, 2.75) is 90.4 Å². The van der Waals surface area contributed by atoms with Gasteiger partial charge in [-0.15, -0.1) is 0 Å². The van der Waals surface area contributed by atoms with Crippen molar-refractivity contribution in [2.75, 3.05) is 33.0 Å². The number of nitrogens with two attached hydrogens (primary N) is 1. The van der Waals surface area contributed by atoms with E-state index in [1.165, 1.54) is 70.6 Å². The quantitative estimate of drug-likeness (QED) is 0.194. The van der Waals surface area contributed by atoms with Gasteiger partial charge in [0.25, 0.3) is 0 Å². The summed E-state index contributed by atoms with van der Waals surface area (Å²) in [6, 6.07) is 0. The van der Waals surface area contributed by atoms with Crippen LogP contribution in [-0.2, 0) is 14.5 Å². The topological polar surface area (TPSA) is 53.7 Å². The maximum Gasteiger partial charge on any atom is 0.106 e. The summed E-state index contributed by atoms with van der Waals surface area (Å²) in [7, 11) is 0. The number of hydrogen-bond acceptors (Lipinski definition) is 4. The molecule has 2 N–H and O–H groups in total. The molecule has 0 bridgehead atoms. The van der Waals surface area contributed by atoms with Gasteiger partial charge in [-0.1, -0.05) is 77.6 Å². The van der Waals surface area contributed by atoms with Gasteiger partial charge >= 0.3 is 0 Å². The van der Waals surface area contributed by atoms with Crippen LogP contribution in [0.3, 0.4) is 0 Å². The van der Waals surface area contributed by atoms with E-state index in [1.54, 1.807) is 0 Å². The van der Waals surface area contributed by atoms with E-state index in [1.807, 2.05) is 0 Å². The van der Waals surface area contributed by atoms with Crippen molar-refractivity contribution in [1.82, 2.24) is 0 Å². The largest absolute Gasteiger partial charge is 0.379 e. The molecular weight excluding hydrogens is 290 g/mol. The summed E-state index contributed by atoms with van der Waals surface area (Å²) in [6.07, 6.45) is 17.2. The van der Waals surface area contributed by atoms with Gasteiger partial charge in [0, 0.05) is 6.61 Å². The van der Waals surface area contributed by atoms with Crippen molar-refractivity contribution in [2.24, 2.45) is 5.73 Å². The van der Waals surface area contributed by atoms with Crippen molar-refractivity contribution in [1.29, 1.82) is 0 Å². The molecule has 4 nitrogen and oxygen atoms in total. The molecule has 0 rings (SSSR count). The summed E-state index contributed by atoms with van der Waals surface area (Å²) < 4.78 is 5.31. The minimum absolute atomic E-state index is 0.503. The standard InChI is InChI=1S/C19H41NO3/c1-2-3-4-5-6-7-8-9-10-11-12-13-17-22-23-19-18-21-16-14-15-20/h2-20H2,1H3. The Bertz CT molecular complexity index is 183. The van der Waals surface area contributed by atoms with Crippen molar-refractivity contribution in [3.63, 3.8) is 0 Å². The van der Waals surface area contributed by atoms with Crippen LogP contribution in [0.25, 0.3) is 0 Å². The van der Waals surface area contributed by atoms with Gasteiger partial charge in [0.2, 0.25) is 0 Å². The summed E-state index contributed by atoms with van der Waals surface area (Å²) in [5.41, 5.74) is 5.37. The zero-order chi connectivity index (χ0) is 16.8. The normalized spacial score (nSPS) is 11.2. The number of hydrogen-bond donors (Lipinski definition) is 1. The number of rotatable bonds is 20. The average molecular weight is 332 g/mol. The summed E-state index contributed by atoms with van der Waals surface area (Å²) >= 11 is 0. The highest BCUT2D eigenvalue weighted by atomic mass is 17.2. The highest BCUT2D eigenvalue weighted by Gasteiger charge is 1.95. The van der Waals surface area contributed by atoms with Gasteiger partial charge < -0.3 is 10.5 Å². The van der Waals surface area contributed by atoms with Crippen LogP contribution in [0.15, 0.2) is 0 Å². The zero-order valence-corrected chi connectivity index (χ0v) is 15.5. The number of ether oxygens (including phenoxy) is 1. The van der Waals surface area contributed by atoms with Gasteiger partial charge in [-0.05, 0) is 19.4 Å². The first-order valence-corrected chi connectivity index (χ1v) is 9.94. The minimum atomic E-state index is 0.503. The molecule has 0 fully saturated rings. The molecule has 0 aromatic carbocycles. The molecule has 0 aliphatic rings.